The van der Waals surface area contributed by atoms with Gasteiger partial charge < -0.3 is 54.3 Å². The first kappa shape index (κ1) is 61.5. The second-order valence-electron chi connectivity index (χ2n) is 20.7. The minimum Gasteiger partial charge on any atom is -0.482 e. The summed E-state index contributed by atoms with van der Waals surface area (Å²) >= 11 is 0. The fourth-order valence-corrected chi connectivity index (χ4v) is 9.73. The van der Waals surface area contributed by atoms with Gasteiger partial charge in [0.2, 0.25) is 0 Å². The van der Waals surface area contributed by atoms with Gasteiger partial charge in [-0.2, -0.15) is 0 Å². The third-order valence-electron chi connectivity index (χ3n) is 14.5. The summed E-state index contributed by atoms with van der Waals surface area (Å²) < 4.78 is 17.5. The van der Waals surface area contributed by atoms with E-state index in [4.69, 9.17) is 15.2 Å². The number of pyridine rings is 4. The molecule has 5 N–H and O–H groups in total. The van der Waals surface area contributed by atoms with Crippen molar-refractivity contribution in [2.75, 3.05) is 64.6 Å². The number of aromatic nitrogens is 4. The molecule has 20 heteroatoms. The number of hydrogen-bond acceptors (Lipinski definition) is 13. The number of nitrogens with zero attached hydrogens (tertiary/aromatic N) is 6. The molecule has 4 aromatic heterocycles. The summed E-state index contributed by atoms with van der Waals surface area (Å²) in [6.45, 7) is 6.01. The number of carbonyl (C=O) groups is 4. The fraction of sp³-hybridized carbons (Fsp3) is 0.333. The Kier molecular flexibility index (Phi) is 21.9. The van der Waals surface area contributed by atoms with Crippen molar-refractivity contribution in [3.63, 3.8) is 0 Å². The van der Waals surface area contributed by atoms with Crippen molar-refractivity contribution >= 4 is 29.2 Å². The van der Waals surface area contributed by atoms with Gasteiger partial charge in [0.15, 0.2) is 17.3 Å². The van der Waals surface area contributed by atoms with Gasteiger partial charge in [0.1, 0.15) is 13.2 Å². The predicted octanol–water partition coefficient (Wildman–Crippen LogP) is 4.55. The summed E-state index contributed by atoms with van der Waals surface area (Å²) in [6.07, 6.45) is 7.26. The molecule has 436 valence electrons. The first-order valence-electron chi connectivity index (χ1n) is 27.6. The van der Waals surface area contributed by atoms with Gasteiger partial charge in [0, 0.05) is 140 Å². The molecule has 0 aliphatic rings. The Morgan fingerprint density at radius 1 is 0.482 bits per heavy atom. The van der Waals surface area contributed by atoms with Gasteiger partial charge in [-0.05, 0) is 92.2 Å². The number of ketones is 1. The number of hydrogen-bond donors (Lipinski definition) is 4. The highest BCUT2D eigenvalue weighted by molar-refractivity contribution is 5.98. The van der Waals surface area contributed by atoms with Crippen LogP contribution in [-0.4, -0.2) is 110 Å². The molecule has 0 fully saturated rings. The Hall–Kier alpha value is -9.14. The lowest BCUT2D eigenvalue weighted by molar-refractivity contribution is 0.0933. The number of benzene rings is 3. The monoisotopic (exact) mass is 1130 g/mol. The summed E-state index contributed by atoms with van der Waals surface area (Å²) in [6, 6.07) is 32.5. The highest BCUT2D eigenvalue weighted by Crippen LogP contribution is 2.19. The molecule has 1 unspecified atom stereocenters. The van der Waals surface area contributed by atoms with Crippen molar-refractivity contribution in [3.05, 3.63) is 225 Å². The van der Waals surface area contributed by atoms with Crippen LogP contribution in [0.4, 0.5) is 5.69 Å². The van der Waals surface area contributed by atoms with Crippen molar-refractivity contribution < 1.29 is 28.7 Å². The summed E-state index contributed by atoms with van der Waals surface area (Å²) in [5, 5.41) is 8.98. The second-order valence-corrected chi connectivity index (χ2v) is 20.7. The van der Waals surface area contributed by atoms with Crippen LogP contribution in [0, 0.1) is 19.8 Å². The van der Waals surface area contributed by atoms with Crippen LogP contribution in [0.25, 0.3) is 0 Å². The zero-order chi connectivity index (χ0) is 59.6. The largest absolute Gasteiger partial charge is 0.482 e. The maximum absolute atomic E-state index is 14.1. The number of amides is 3. The molecule has 3 aromatic carbocycles. The standard InChI is InChI=1S/C63H74N10O10/c1-43-50(23-31-68(3)60(43)78)54(74)18-13-30-72(35-27-65-57(75)51-24-32-69(4)61(79)44(51)2)39-48(38-45-19-21-49(64)22-20-45)40-73(36-28-66-58(76)52-25-33-70(5)62(80)55(52)82-41-46-14-9-7-10-15-46)37-29-67-59(77)53-26-34-71(6)63(81)56(53)83-42-47-16-11-8-12-17-47/h7-12,14-17,19-26,31-34,48H,13,18,27-30,35-42,64H2,1-6H3,(H,65,75)(H,66,76)(H,67,77). The Morgan fingerprint density at radius 3 is 1.33 bits per heavy atom. The molecule has 3 amide bonds. The van der Waals surface area contributed by atoms with Crippen LogP contribution in [-0.2, 0) is 47.8 Å². The summed E-state index contributed by atoms with van der Waals surface area (Å²) in [7, 11) is 6.41. The van der Waals surface area contributed by atoms with Gasteiger partial charge in [0.25, 0.3) is 40.0 Å². The van der Waals surface area contributed by atoms with Gasteiger partial charge in [-0.15, -0.1) is 0 Å². The number of nitrogens with two attached hydrogens (primary N) is 1. The molecular formula is C63H74N10O10. The first-order valence-corrected chi connectivity index (χ1v) is 27.6. The molecule has 0 saturated carbocycles. The van der Waals surface area contributed by atoms with Crippen LogP contribution in [0.15, 0.2) is 153 Å². The Balaban J connectivity index is 1.15. The maximum Gasteiger partial charge on any atom is 0.293 e. The number of Topliss-reactive ketones (excluding diaryl/α,β-unsaturated/α-hetero) is 1. The molecule has 0 bridgehead atoms. The van der Waals surface area contributed by atoms with Crippen LogP contribution < -0.4 is 53.4 Å². The van der Waals surface area contributed by atoms with Crippen molar-refractivity contribution in [1.29, 1.82) is 0 Å². The van der Waals surface area contributed by atoms with Crippen LogP contribution in [0.2, 0.25) is 0 Å². The number of aryl methyl sites for hydroxylation is 4. The molecule has 20 nitrogen and oxygen atoms in total. The van der Waals surface area contributed by atoms with E-state index in [-0.39, 0.29) is 103 Å². The minimum atomic E-state index is -0.522. The van der Waals surface area contributed by atoms with E-state index in [0.717, 1.165) is 16.7 Å². The topological polar surface area (TPSA) is 243 Å². The summed E-state index contributed by atoms with van der Waals surface area (Å²) in [4.78, 5) is 112. The molecule has 7 aromatic rings. The summed E-state index contributed by atoms with van der Waals surface area (Å²) in [5.74, 6) is -1.96. The normalized spacial score (nSPS) is 11.6. The van der Waals surface area contributed by atoms with Gasteiger partial charge in [0.05, 0.1) is 11.1 Å². The van der Waals surface area contributed by atoms with E-state index in [0.29, 0.717) is 61.4 Å². The lowest BCUT2D eigenvalue weighted by Crippen LogP contribution is -2.45. The lowest BCUT2D eigenvalue weighted by atomic mass is 9.97. The van der Waals surface area contributed by atoms with E-state index in [1.165, 1.54) is 42.8 Å². The molecule has 0 saturated heterocycles. The van der Waals surface area contributed by atoms with Crippen molar-refractivity contribution in [3.8, 4) is 11.5 Å². The van der Waals surface area contributed by atoms with E-state index in [1.54, 1.807) is 66.6 Å². The van der Waals surface area contributed by atoms with Gasteiger partial charge in [-0.3, -0.25) is 43.3 Å². The predicted molar refractivity (Wildman–Crippen MR) is 319 cm³/mol. The highest BCUT2D eigenvalue weighted by Gasteiger charge is 2.24. The third-order valence-corrected chi connectivity index (χ3v) is 14.5. The highest BCUT2D eigenvalue weighted by atomic mass is 16.5. The number of nitrogen functional groups attached to an aromatic ring is 1. The van der Waals surface area contributed by atoms with Crippen LogP contribution in [0.5, 0.6) is 11.5 Å². The fourth-order valence-electron chi connectivity index (χ4n) is 9.73. The summed E-state index contributed by atoms with van der Waals surface area (Å²) in [5.41, 5.74) is 9.34. The molecule has 4 heterocycles. The first-order chi connectivity index (χ1) is 39.9. The van der Waals surface area contributed by atoms with Crippen molar-refractivity contribution in [1.82, 2.24) is 44.0 Å². The average molecular weight is 1130 g/mol. The van der Waals surface area contributed by atoms with Crippen molar-refractivity contribution in [2.45, 2.75) is 46.3 Å². The Morgan fingerprint density at radius 2 is 0.867 bits per heavy atom. The zero-order valence-corrected chi connectivity index (χ0v) is 48.0. The lowest BCUT2D eigenvalue weighted by Gasteiger charge is -2.32. The van der Waals surface area contributed by atoms with E-state index < -0.39 is 28.8 Å². The number of ether oxygens (including phenoxy) is 2. The zero-order valence-electron chi connectivity index (χ0n) is 48.0. The van der Waals surface area contributed by atoms with Gasteiger partial charge in [-0.1, -0.05) is 72.8 Å². The Labute approximate surface area is 482 Å². The van der Waals surface area contributed by atoms with E-state index in [1.807, 2.05) is 84.9 Å². The SMILES string of the molecule is Cc1c(C(=O)CCCN(CCNC(=O)c2ccn(C)c(=O)c2C)CC(Cc2ccc(N)cc2)CN(CCNC(=O)c2ccn(C)c(=O)c2OCc2ccccc2)CCNC(=O)c2ccn(C)c(=O)c2OCc2ccccc2)ccn(C)c1=O. The molecule has 0 radical (unpaired) electrons. The van der Waals surface area contributed by atoms with E-state index in [9.17, 15) is 38.4 Å². The second kappa shape index (κ2) is 29.5. The Bertz CT molecular complexity index is 3420. The minimum absolute atomic E-state index is 0.0645. The third kappa shape index (κ3) is 17.0. The molecule has 0 spiro atoms. The smallest absolute Gasteiger partial charge is 0.293 e. The van der Waals surface area contributed by atoms with Gasteiger partial charge in [-0.25, -0.2) is 0 Å². The number of rotatable bonds is 29. The van der Waals surface area contributed by atoms with Crippen LogP contribution in [0.3, 0.4) is 0 Å². The van der Waals surface area contributed by atoms with Crippen LogP contribution in [0.1, 0.15) is 82.1 Å². The number of anilines is 1. The molecular weight excluding hydrogens is 1060 g/mol. The average Bonchev–Trinajstić information content (AvgIpc) is 3.53. The number of nitrogens with one attached hydrogen (secondary N) is 3. The van der Waals surface area contributed by atoms with Crippen molar-refractivity contribution in [2.24, 2.45) is 34.1 Å². The van der Waals surface area contributed by atoms with Crippen LogP contribution >= 0.6 is 0 Å². The maximum atomic E-state index is 14.1. The molecule has 83 heavy (non-hydrogen) atoms. The van der Waals surface area contributed by atoms with E-state index in [2.05, 4.69) is 25.8 Å². The number of carbonyl (C=O) groups excluding carboxylic acids is 4. The molecule has 1 atom stereocenters. The quantitative estimate of drug-likeness (QED) is 0.0372. The van der Waals surface area contributed by atoms with Gasteiger partial charge >= 0.3 is 0 Å². The molecule has 0 aliphatic heterocycles. The van der Waals surface area contributed by atoms with E-state index >= 15 is 0 Å². The molecule has 7 rings (SSSR count). The molecule has 0 aliphatic carbocycles.